The molecular weight excluding hydrogens is 176 g/mol. The summed E-state index contributed by atoms with van der Waals surface area (Å²) in [4.78, 5) is 11.6. The minimum absolute atomic E-state index is 0.0758. The molecule has 1 amide bonds. The maximum absolute atomic E-state index is 11.6. The number of nitriles is 1. The van der Waals surface area contributed by atoms with E-state index in [0.717, 1.165) is 19.3 Å². The maximum atomic E-state index is 11.6. The van der Waals surface area contributed by atoms with Crippen LogP contribution in [0.5, 0.6) is 0 Å². The molecule has 0 radical (unpaired) electrons. The number of amides is 1. The molecule has 0 aromatic carbocycles. The van der Waals surface area contributed by atoms with Gasteiger partial charge >= 0.3 is 0 Å². The highest BCUT2D eigenvalue weighted by Crippen LogP contribution is 2.45. The van der Waals surface area contributed by atoms with Crippen LogP contribution in [0.3, 0.4) is 0 Å². The fourth-order valence-corrected chi connectivity index (χ4v) is 1.64. The van der Waals surface area contributed by atoms with Gasteiger partial charge in [-0.3, -0.25) is 4.79 Å². The standard InChI is InChI=1S/C11H18N2O/c1-8(2)6-9(3)13-10(14)11(7-12)4-5-11/h8-9H,4-6H2,1-3H3,(H,13,14). The Balaban J connectivity index is 2.38. The maximum Gasteiger partial charge on any atom is 0.240 e. The largest absolute Gasteiger partial charge is 0.352 e. The summed E-state index contributed by atoms with van der Waals surface area (Å²) in [7, 11) is 0. The van der Waals surface area contributed by atoms with Crippen molar-refractivity contribution in [2.24, 2.45) is 11.3 Å². The zero-order chi connectivity index (χ0) is 10.8. The van der Waals surface area contributed by atoms with Gasteiger partial charge in [-0.15, -0.1) is 0 Å². The molecule has 78 valence electrons. The Labute approximate surface area is 85.5 Å². The quantitative estimate of drug-likeness (QED) is 0.742. The molecule has 0 aromatic rings. The van der Waals surface area contributed by atoms with Crippen molar-refractivity contribution in [2.75, 3.05) is 0 Å². The number of carbonyl (C=O) groups excluding carboxylic acids is 1. The van der Waals surface area contributed by atoms with Gasteiger partial charge in [-0.05, 0) is 32.1 Å². The lowest BCUT2D eigenvalue weighted by molar-refractivity contribution is -0.125. The summed E-state index contributed by atoms with van der Waals surface area (Å²) in [5.41, 5.74) is -0.675. The molecule has 14 heavy (non-hydrogen) atoms. The molecule has 1 saturated carbocycles. The van der Waals surface area contributed by atoms with Gasteiger partial charge in [0, 0.05) is 6.04 Å². The summed E-state index contributed by atoms with van der Waals surface area (Å²) >= 11 is 0. The van der Waals surface area contributed by atoms with E-state index in [-0.39, 0.29) is 11.9 Å². The lowest BCUT2D eigenvalue weighted by Gasteiger charge is -2.17. The van der Waals surface area contributed by atoms with Crippen LogP contribution in [0, 0.1) is 22.7 Å². The molecule has 0 bridgehead atoms. The zero-order valence-electron chi connectivity index (χ0n) is 9.13. The van der Waals surface area contributed by atoms with Gasteiger partial charge < -0.3 is 5.32 Å². The molecule has 0 saturated heterocycles. The van der Waals surface area contributed by atoms with Crippen LogP contribution in [0.2, 0.25) is 0 Å². The van der Waals surface area contributed by atoms with Crippen LogP contribution in [0.4, 0.5) is 0 Å². The first-order chi connectivity index (χ1) is 6.50. The van der Waals surface area contributed by atoms with Gasteiger partial charge in [0.1, 0.15) is 5.41 Å². The fourth-order valence-electron chi connectivity index (χ4n) is 1.64. The SMILES string of the molecule is CC(C)CC(C)NC(=O)C1(C#N)CC1. The van der Waals surface area contributed by atoms with E-state index in [9.17, 15) is 4.79 Å². The van der Waals surface area contributed by atoms with Crippen molar-refractivity contribution in [1.82, 2.24) is 5.32 Å². The fraction of sp³-hybridized carbons (Fsp3) is 0.818. The van der Waals surface area contributed by atoms with Gasteiger partial charge in [-0.2, -0.15) is 5.26 Å². The van der Waals surface area contributed by atoms with Crippen molar-refractivity contribution in [3.05, 3.63) is 0 Å². The van der Waals surface area contributed by atoms with Crippen LogP contribution < -0.4 is 5.32 Å². The molecule has 3 nitrogen and oxygen atoms in total. The van der Waals surface area contributed by atoms with Crippen LogP contribution in [-0.4, -0.2) is 11.9 Å². The highest BCUT2D eigenvalue weighted by molar-refractivity contribution is 5.88. The molecule has 1 aliphatic rings. The first kappa shape index (κ1) is 11.0. The molecule has 0 aliphatic heterocycles. The Morgan fingerprint density at radius 3 is 2.43 bits per heavy atom. The lowest BCUT2D eigenvalue weighted by atomic mass is 10.0. The van der Waals surface area contributed by atoms with Crippen LogP contribution in [-0.2, 0) is 4.79 Å². The van der Waals surface area contributed by atoms with Crippen molar-refractivity contribution < 1.29 is 4.79 Å². The topological polar surface area (TPSA) is 52.9 Å². The number of carbonyl (C=O) groups is 1. The minimum atomic E-state index is -0.675. The Bertz CT molecular complexity index is 261. The lowest BCUT2D eigenvalue weighted by Crippen LogP contribution is -2.38. The molecule has 0 spiro atoms. The van der Waals surface area contributed by atoms with Gasteiger partial charge in [-0.1, -0.05) is 13.8 Å². The second-order valence-electron chi connectivity index (χ2n) is 4.70. The van der Waals surface area contributed by atoms with E-state index in [1.165, 1.54) is 0 Å². The average molecular weight is 194 g/mol. The number of hydrogen-bond donors (Lipinski definition) is 1. The first-order valence-electron chi connectivity index (χ1n) is 5.22. The molecule has 3 heteroatoms. The van der Waals surface area contributed by atoms with Gasteiger partial charge in [0.2, 0.25) is 5.91 Å². The molecular formula is C11H18N2O. The van der Waals surface area contributed by atoms with Crippen LogP contribution >= 0.6 is 0 Å². The number of rotatable bonds is 4. The third kappa shape index (κ3) is 2.47. The van der Waals surface area contributed by atoms with E-state index in [1.807, 2.05) is 6.92 Å². The molecule has 1 aliphatic carbocycles. The third-order valence-electron chi connectivity index (χ3n) is 2.60. The summed E-state index contributed by atoms with van der Waals surface area (Å²) in [6, 6.07) is 2.27. The van der Waals surface area contributed by atoms with Crippen LogP contribution in [0.1, 0.15) is 40.0 Å². The van der Waals surface area contributed by atoms with Crippen molar-refractivity contribution in [3.8, 4) is 6.07 Å². The zero-order valence-corrected chi connectivity index (χ0v) is 9.13. The Morgan fingerprint density at radius 1 is 1.50 bits per heavy atom. The van der Waals surface area contributed by atoms with E-state index in [0.29, 0.717) is 5.92 Å². The second-order valence-corrected chi connectivity index (χ2v) is 4.70. The molecule has 0 heterocycles. The smallest absolute Gasteiger partial charge is 0.240 e. The first-order valence-corrected chi connectivity index (χ1v) is 5.22. The predicted octanol–water partition coefficient (Wildman–Crippen LogP) is 1.84. The van der Waals surface area contributed by atoms with Crippen molar-refractivity contribution in [1.29, 1.82) is 5.26 Å². The molecule has 1 atom stereocenters. The summed E-state index contributed by atoms with van der Waals surface area (Å²) in [6.07, 6.45) is 2.42. The van der Waals surface area contributed by atoms with Crippen molar-refractivity contribution >= 4 is 5.91 Å². The van der Waals surface area contributed by atoms with Gasteiger partial charge in [0.25, 0.3) is 0 Å². The number of nitrogens with one attached hydrogen (secondary N) is 1. The normalized spacial score (nSPS) is 19.9. The summed E-state index contributed by atoms with van der Waals surface area (Å²) in [6.45, 7) is 6.24. The van der Waals surface area contributed by atoms with Gasteiger partial charge in [0.15, 0.2) is 0 Å². The summed E-state index contributed by atoms with van der Waals surface area (Å²) in [5.74, 6) is 0.496. The minimum Gasteiger partial charge on any atom is -0.352 e. The average Bonchev–Trinajstić information content (AvgIpc) is 2.82. The van der Waals surface area contributed by atoms with Gasteiger partial charge in [0.05, 0.1) is 6.07 Å². The van der Waals surface area contributed by atoms with E-state index < -0.39 is 5.41 Å². The van der Waals surface area contributed by atoms with Crippen molar-refractivity contribution in [2.45, 2.75) is 46.1 Å². The molecule has 1 rings (SSSR count). The van der Waals surface area contributed by atoms with E-state index in [2.05, 4.69) is 25.2 Å². The highest BCUT2D eigenvalue weighted by Gasteiger charge is 2.50. The van der Waals surface area contributed by atoms with Crippen LogP contribution in [0.15, 0.2) is 0 Å². The second kappa shape index (κ2) is 4.00. The van der Waals surface area contributed by atoms with E-state index >= 15 is 0 Å². The Kier molecular flexibility index (Phi) is 3.15. The third-order valence-corrected chi connectivity index (χ3v) is 2.60. The van der Waals surface area contributed by atoms with Crippen molar-refractivity contribution in [3.63, 3.8) is 0 Å². The van der Waals surface area contributed by atoms with Crippen LogP contribution in [0.25, 0.3) is 0 Å². The molecule has 1 unspecified atom stereocenters. The number of hydrogen-bond acceptors (Lipinski definition) is 2. The monoisotopic (exact) mass is 194 g/mol. The Hall–Kier alpha value is -1.04. The molecule has 0 aromatic heterocycles. The highest BCUT2D eigenvalue weighted by atomic mass is 16.2. The van der Waals surface area contributed by atoms with Gasteiger partial charge in [-0.25, -0.2) is 0 Å². The summed E-state index contributed by atoms with van der Waals surface area (Å²) in [5, 5.41) is 11.7. The summed E-state index contributed by atoms with van der Waals surface area (Å²) < 4.78 is 0. The predicted molar refractivity (Wildman–Crippen MR) is 54.3 cm³/mol. The van der Waals surface area contributed by atoms with E-state index in [4.69, 9.17) is 5.26 Å². The van der Waals surface area contributed by atoms with E-state index in [1.54, 1.807) is 0 Å². The Morgan fingerprint density at radius 2 is 2.07 bits per heavy atom. The molecule has 1 fully saturated rings. The number of nitrogens with zero attached hydrogens (tertiary/aromatic N) is 1. The molecule has 1 N–H and O–H groups in total.